The predicted octanol–water partition coefficient (Wildman–Crippen LogP) is 1.92. The maximum atomic E-state index is 12.3. The monoisotopic (exact) mass is 285 g/mol. The van der Waals surface area contributed by atoms with Crippen LogP contribution in [0.25, 0.3) is 11.1 Å². The first-order chi connectivity index (χ1) is 10.1. The van der Waals surface area contributed by atoms with E-state index in [9.17, 15) is 9.90 Å². The molecule has 3 rings (SSSR count). The first-order valence-electron chi connectivity index (χ1n) is 7.26. The highest BCUT2D eigenvalue weighted by Crippen LogP contribution is 2.27. The van der Waals surface area contributed by atoms with Gasteiger partial charge in [0.2, 0.25) is 5.88 Å². The number of hydrogen-bond donors (Lipinski definition) is 3. The zero-order chi connectivity index (χ0) is 14.8. The molecule has 1 aromatic carbocycles. The minimum absolute atomic E-state index is 0.156. The maximum absolute atomic E-state index is 12.3. The van der Waals surface area contributed by atoms with E-state index in [1.165, 1.54) is 0 Å². The lowest BCUT2D eigenvalue weighted by Crippen LogP contribution is -2.30. The van der Waals surface area contributed by atoms with Gasteiger partial charge in [0, 0.05) is 12.5 Å². The summed E-state index contributed by atoms with van der Waals surface area (Å²) in [6, 6.07) is 7.49. The molecule has 0 radical (unpaired) electrons. The Hall–Kier alpha value is -2.14. The Labute approximate surface area is 123 Å². The zero-order valence-electron chi connectivity index (χ0n) is 12.0. The summed E-state index contributed by atoms with van der Waals surface area (Å²) in [7, 11) is 0. The van der Waals surface area contributed by atoms with E-state index in [4.69, 9.17) is 0 Å². The largest absolute Gasteiger partial charge is 0.493 e. The summed E-state index contributed by atoms with van der Waals surface area (Å²) in [5, 5.41) is 13.5. The highest BCUT2D eigenvalue weighted by atomic mass is 16.3. The Balaban J connectivity index is 2.02. The Morgan fingerprint density at radius 3 is 2.90 bits per heavy atom. The lowest BCUT2D eigenvalue weighted by molar-refractivity contribution is 0.421. The number of piperidine rings is 1. The molecule has 1 aliphatic rings. The minimum atomic E-state index is -0.284. The third-order valence-electron chi connectivity index (χ3n) is 3.91. The van der Waals surface area contributed by atoms with Crippen molar-refractivity contribution in [2.75, 3.05) is 13.1 Å². The Morgan fingerprint density at radius 2 is 2.24 bits per heavy atom. The maximum Gasteiger partial charge on any atom is 0.262 e. The molecule has 1 aliphatic heterocycles. The Bertz CT molecular complexity index is 703. The van der Waals surface area contributed by atoms with Crippen LogP contribution in [0.15, 0.2) is 29.1 Å². The van der Waals surface area contributed by atoms with Gasteiger partial charge in [-0.25, -0.2) is 0 Å². The molecule has 1 unspecified atom stereocenters. The van der Waals surface area contributed by atoms with E-state index in [-0.39, 0.29) is 22.9 Å². The van der Waals surface area contributed by atoms with Crippen molar-refractivity contribution < 1.29 is 5.11 Å². The highest BCUT2D eigenvalue weighted by molar-refractivity contribution is 5.67. The molecule has 5 nitrogen and oxygen atoms in total. The van der Waals surface area contributed by atoms with Gasteiger partial charge >= 0.3 is 0 Å². The highest BCUT2D eigenvalue weighted by Gasteiger charge is 2.20. The van der Waals surface area contributed by atoms with E-state index < -0.39 is 0 Å². The van der Waals surface area contributed by atoms with E-state index in [2.05, 4.69) is 15.3 Å². The van der Waals surface area contributed by atoms with E-state index in [1.54, 1.807) is 6.07 Å². The molecule has 0 bridgehead atoms. The zero-order valence-corrected chi connectivity index (χ0v) is 12.0. The molecule has 110 valence electrons. The van der Waals surface area contributed by atoms with Gasteiger partial charge in [0.1, 0.15) is 11.4 Å². The Kier molecular flexibility index (Phi) is 3.75. The van der Waals surface area contributed by atoms with Crippen molar-refractivity contribution in [1.29, 1.82) is 0 Å². The standard InChI is InChI=1S/C16H19N3O2/c1-10-4-2-5-11(8-10)13-15(20)18-14(19-16(13)21)12-6-3-7-17-9-12/h2,4-5,8,12,17H,3,6-7,9H2,1H3,(H2,18,19,20,21). The summed E-state index contributed by atoms with van der Waals surface area (Å²) < 4.78 is 0. The first-order valence-corrected chi connectivity index (χ1v) is 7.26. The van der Waals surface area contributed by atoms with Crippen LogP contribution in [-0.2, 0) is 0 Å². The van der Waals surface area contributed by atoms with Crippen LogP contribution >= 0.6 is 0 Å². The lowest BCUT2D eigenvalue weighted by atomic mass is 9.98. The summed E-state index contributed by atoms with van der Waals surface area (Å²) in [5.74, 6) is 0.537. The number of aryl methyl sites for hydroxylation is 1. The quantitative estimate of drug-likeness (QED) is 0.787. The summed E-state index contributed by atoms with van der Waals surface area (Å²) in [6.07, 6.45) is 2.02. The number of nitrogens with zero attached hydrogens (tertiary/aromatic N) is 1. The van der Waals surface area contributed by atoms with E-state index in [1.807, 2.05) is 25.1 Å². The van der Waals surface area contributed by atoms with Gasteiger partial charge in [0.15, 0.2) is 0 Å². The molecule has 1 fully saturated rings. The van der Waals surface area contributed by atoms with Crippen LogP contribution < -0.4 is 10.9 Å². The normalized spacial score (nSPS) is 18.6. The number of H-pyrrole nitrogens is 1. The SMILES string of the molecule is Cc1cccc(-c2c(O)nc(C3CCCNC3)[nH]c2=O)c1. The molecule has 5 heteroatoms. The van der Waals surface area contributed by atoms with Crippen LogP contribution in [0, 0.1) is 6.92 Å². The minimum Gasteiger partial charge on any atom is -0.493 e. The van der Waals surface area contributed by atoms with Crippen LogP contribution in [0.2, 0.25) is 0 Å². The number of hydrogen-bond acceptors (Lipinski definition) is 4. The van der Waals surface area contributed by atoms with Crippen molar-refractivity contribution in [2.45, 2.75) is 25.7 Å². The first kappa shape index (κ1) is 13.8. The van der Waals surface area contributed by atoms with Gasteiger partial charge in [-0.05, 0) is 31.9 Å². The fraction of sp³-hybridized carbons (Fsp3) is 0.375. The van der Waals surface area contributed by atoms with Crippen LogP contribution in [0.4, 0.5) is 0 Å². The third-order valence-corrected chi connectivity index (χ3v) is 3.91. The molecule has 1 atom stereocenters. The summed E-state index contributed by atoms with van der Waals surface area (Å²) in [5.41, 5.74) is 1.68. The fourth-order valence-electron chi connectivity index (χ4n) is 2.82. The molecule has 0 saturated carbocycles. The average Bonchev–Trinajstić information content (AvgIpc) is 2.47. The van der Waals surface area contributed by atoms with Gasteiger partial charge in [0.25, 0.3) is 5.56 Å². The molecule has 2 heterocycles. The second-order valence-electron chi connectivity index (χ2n) is 5.56. The van der Waals surface area contributed by atoms with Crippen molar-refractivity contribution in [3.05, 3.63) is 46.0 Å². The van der Waals surface area contributed by atoms with Gasteiger partial charge in [-0.2, -0.15) is 4.98 Å². The molecule has 21 heavy (non-hydrogen) atoms. The van der Waals surface area contributed by atoms with Crippen molar-refractivity contribution in [2.24, 2.45) is 0 Å². The van der Waals surface area contributed by atoms with E-state index >= 15 is 0 Å². The van der Waals surface area contributed by atoms with Gasteiger partial charge < -0.3 is 15.4 Å². The summed E-state index contributed by atoms with van der Waals surface area (Å²) in [4.78, 5) is 19.4. The van der Waals surface area contributed by atoms with Crippen molar-refractivity contribution in [3.63, 3.8) is 0 Å². The van der Waals surface area contributed by atoms with Gasteiger partial charge in [-0.1, -0.05) is 29.8 Å². The van der Waals surface area contributed by atoms with Crippen molar-refractivity contribution >= 4 is 0 Å². The molecule has 0 spiro atoms. The van der Waals surface area contributed by atoms with Crippen LogP contribution in [0.3, 0.4) is 0 Å². The molecular formula is C16H19N3O2. The van der Waals surface area contributed by atoms with Crippen LogP contribution in [0.1, 0.15) is 30.1 Å². The van der Waals surface area contributed by atoms with Crippen LogP contribution in [-0.4, -0.2) is 28.2 Å². The molecule has 1 aromatic heterocycles. The molecule has 0 amide bonds. The smallest absolute Gasteiger partial charge is 0.262 e. The predicted molar refractivity (Wildman–Crippen MR) is 81.5 cm³/mol. The molecule has 2 aromatic rings. The van der Waals surface area contributed by atoms with E-state index in [0.29, 0.717) is 11.4 Å². The molecule has 3 N–H and O–H groups in total. The summed E-state index contributed by atoms with van der Waals surface area (Å²) in [6.45, 7) is 3.73. The van der Waals surface area contributed by atoms with E-state index in [0.717, 1.165) is 31.5 Å². The second kappa shape index (κ2) is 5.69. The fourth-order valence-corrected chi connectivity index (χ4v) is 2.82. The van der Waals surface area contributed by atoms with Gasteiger partial charge in [0.05, 0.1) is 0 Å². The molecule has 0 aliphatic carbocycles. The lowest BCUT2D eigenvalue weighted by Gasteiger charge is -2.22. The number of aromatic nitrogens is 2. The van der Waals surface area contributed by atoms with Crippen molar-refractivity contribution in [1.82, 2.24) is 15.3 Å². The number of aromatic amines is 1. The van der Waals surface area contributed by atoms with Gasteiger partial charge in [-0.3, -0.25) is 4.79 Å². The molecule has 1 saturated heterocycles. The second-order valence-corrected chi connectivity index (χ2v) is 5.56. The molecular weight excluding hydrogens is 266 g/mol. The average molecular weight is 285 g/mol. The summed E-state index contributed by atoms with van der Waals surface area (Å²) >= 11 is 0. The van der Waals surface area contributed by atoms with Crippen LogP contribution in [0.5, 0.6) is 5.88 Å². The van der Waals surface area contributed by atoms with Gasteiger partial charge in [-0.15, -0.1) is 0 Å². The number of nitrogens with one attached hydrogen (secondary N) is 2. The number of aromatic hydroxyl groups is 1. The topological polar surface area (TPSA) is 78.0 Å². The number of rotatable bonds is 2. The Morgan fingerprint density at radius 1 is 1.38 bits per heavy atom. The van der Waals surface area contributed by atoms with Crippen molar-refractivity contribution in [3.8, 4) is 17.0 Å². The third kappa shape index (κ3) is 2.83. The number of benzene rings is 1.